The van der Waals surface area contributed by atoms with Crippen LogP contribution in [0.2, 0.25) is 0 Å². The van der Waals surface area contributed by atoms with Gasteiger partial charge in [-0.2, -0.15) is 0 Å². The van der Waals surface area contributed by atoms with Crippen molar-refractivity contribution in [3.63, 3.8) is 0 Å². The van der Waals surface area contributed by atoms with E-state index in [1.54, 1.807) is 17.7 Å². The van der Waals surface area contributed by atoms with Crippen molar-refractivity contribution >= 4 is 33.1 Å². The molecule has 0 amide bonds. The van der Waals surface area contributed by atoms with Crippen molar-refractivity contribution in [1.82, 2.24) is 14.9 Å². The number of piperidine rings is 1. The number of fused-ring (bicyclic) bond motifs is 1. The zero-order chi connectivity index (χ0) is 18.8. The summed E-state index contributed by atoms with van der Waals surface area (Å²) < 4.78 is 0. The van der Waals surface area contributed by atoms with Crippen molar-refractivity contribution in [2.45, 2.75) is 39.3 Å². The molecule has 0 saturated carbocycles. The van der Waals surface area contributed by atoms with Gasteiger partial charge in [0.05, 0.1) is 12.0 Å². The molecular weight excluding hydrogens is 354 g/mol. The second-order valence-electron chi connectivity index (χ2n) is 7.12. The van der Waals surface area contributed by atoms with E-state index in [0.717, 1.165) is 54.4 Å². The van der Waals surface area contributed by atoms with Crippen molar-refractivity contribution in [3.05, 3.63) is 58.0 Å². The standard InChI is InChI=1S/C21H23N5S/c1-14-15(2)27-21-19(14)20(23-13-24-21)25-17-8-10-26(11-9-17)12-16-6-4-5-7-18(16)22-3/h4-7,13,17H,8-12H2,1-2H3,(H,23,24,25). The predicted molar refractivity (Wildman–Crippen MR) is 112 cm³/mol. The van der Waals surface area contributed by atoms with E-state index in [0.29, 0.717) is 6.04 Å². The minimum Gasteiger partial charge on any atom is -0.367 e. The van der Waals surface area contributed by atoms with Gasteiger partial charge in [-0.15, -0.1) is 11.3 Å². The van der Waals surface area contributed by atoms with Gasteiger partial charge in [0.15, 0.2) is 5.69 Å². The van der Waals surface area contributed by atoms with Gasteiger partial charge in [-0.3, -0.25) is 0 Å². The molecule has 0 bridgehead atoms. The predicted octanol–water partition coefficient (Wildman–Crippen LogP) is 4.94. The summed E-state index contributed by atoms with van der Waals surface area (Å²) in [6, 6.07) is 8.35. The minimum absolute atomic E-state index is 0.426. The number of aromatic nitrogens is 2. The maximum atomic E-state index is 7.33. The lowest BCUT2D eigenvalue weighted by Crippen LogP contribution is -2.38. The summed E-state index contributed by atoms with van der Waals surface area (Å²) in [6.07, 6.45) is 3.82. The molecule has 5 nitrogen and oxygen atoms in total. The largest absolute Gasteiger partial charge is 0.367 e. The van der Waals surface area contributed by atoms with Crippen LogP contribution >= 0.6 is 11.3 Å². The van der Waals surface area contributed by atoms with E-state index in [4.69, 9.17) is 6.57 Å². The summed E-state index contributed by atoms with van der Waals surface area (Å²) in [5, 5.41) is 4.84. The van der Waals surface area contributed by atoms with E-state index >= 15 is 0 Å². The molecule has 0 unspecified atom stereocenters. The first-order valence-electron chi connectivity index (χ1n) is 9.30. The van der Waals surface area contributed by atoms with Crippen LogP contribution in [-0.2, 0) is 6.54 Å². The number of benzene rings is 1. The summed E-state index contributed by atoms with van der Waals surface area (Å²) in [5.41, 5.74) is 3.18. The maximum absolute atomic E-state index is 7.33. The van der Waals surface area contributed by atoms with Crippen molar-refractivity contribution in [1.29, 1.82) is 0 Å². The molecule has 0 atom stereocenters. The number of para-hydroxylation sites is 1. The number of hydrogen-bond acceptors (Lipinski definition) is 5. The van der Waals surface area contributed by atoms with Gasteiger partial charge in [-0.05, 0) is 37.8 Å². The number of likely N-dealkylation sites (tertiary alicyclic amines) is 1. The summed E-state index contributed by atoms with van der Waals surface area (Å²) >= 11 is 1.74. The van der Waals surface area contributed by atoms with Gasteiger partial charge in [-0.25, -0.2) is 14.8 Å². The number of aryl methyl sites for hydroxylation is 2. The normalized spacial score (nSPS) is 15.7. The first-order valence-corrected chi connectivity index (χ1v) is 10.1. The number of nitrogens with one attached hydrogen (secondary N) is 1. The number of rotatable bonds is 4. The lowest BCUT2D eigenvalue weighted by molar-refractivity contribution is 0.211. The Morgan fingerprint density at radius 1 is 1.22 bits per heavy atom. The molecule has 0 radical (unpaired) electrons. The maximum Gasteiger partial charge on any atom is 0.191 e. The lowest BCUT2D eigenvalue weighted by Gasteiger charge is -2.33. The Labute approximate surface area is 163 Å². The first kappa shape index (κ1) is 17.9. The van der Waals surface area contributed by atoms with Crippen LogP contribution in [0.3, 0.4) is 0 Å². The highest BCUT2D eigenvalue weighted by molar-refractivity contribution is 7.18. The highest BCUT2D eigenvalue weighted by Crippen LogP contribution is 2.33. The van der Waals surface area contributed by atoms with Gasteiger partial charge in [0.2, 0.25) is 0 Å². The summed E-state index contributed by atoms with van der Waals surface area (Å²) in [7, 11) is 0. The minimum atomic E-state index is 0.426. The van der Waals surface area contributed by atoms with Crippen LogP contribution in [0.25, 0.3) is 15.1 Å². The van der Waals surface area contributed by atoms with E-state index in [1.165, 1.54) is 15.8 Å². The summed E-state index contributed by atoms with van der Waals surface area (Å²) in [5.74, 6) is 0.971. The molecule has 27 heavy (non-hydrogen) atoms. The molecule has 2 aromatic heterocycles. The summed E-state index contributed by atoms with van der Waals surface area (Å²) in [6.45, 7) is 14.5. The molecule has 1 saturated heterocycles. The fourth-order valence-corrected chi connectivity index (χ4v) is 4.71. The quantitative estimate of drug-likeness (QED) is 0.655. The molecule has 4 rings (SSSR count). The molecule has 0 aliphatic carbocycles. The highest BCUT2D eigenvalue weighted by atomic mass is 32.1. The van der Waals surface area contributed by atoms with Crippen LogP contribution in [0.15, 0.2) is 30.6 Å². The van der Waals surface area contributed by atoms with Crippen LogP contribution in [0.4, 0.5) is 11.5 Å². The molecule has 1 aliphatic rings. The van der Waals surface area contributed by atoms with Crippen LogP contribution in [0, 0.1) is 20.4 Å². The Morgan fingerprint density at radius 3 is 2.78 bits per heavy atom. The number of anilines is 1. The SMILES string of the molecule is [C-]#[N+]c1ccccc1CN1CCC(Nc2ncnc3sc(C)c(C)c23)CC1. The van der Waals surface area contributed by atoms with Crippen LogP contribution in [-0.4, -0.2) is 34.0 Å². The monoisotopic (exact) mass is 377 g/mol. The lowest BCUT2D eigenvalue weighted by atomic mass is 10.0. The van der Waals surface area contributed by atoms with Gasteiger partial charge >= 0.3 is 0 Å². The highest BCUT2D eigenvalue weighted by Gasteiger charge is 2.21. The molecular formula is C21H23N5S. The van der Waals surface area contributed by atoms with Crippen molar-refractivity contribution in [3.8, 4) is 0 Å². The van der Waals surface area contributed by atoms with Crippen molar-refractivity contribution in [2.24, 2.45) is 0 Å². The fourth-order valence-electron chi connectivity index (χ4n) is 3.72. The van der Waals surface area contributed by atoms with Crippen LogP contribution in [0.1, 0.15) is 28.8 Å². The van der Waals surface area contributed by atoms with Gasteiger partial charge in [0.1, 0.15) is 17.0 Å². The first-order chi connectivity index (χ1) is 13.2. The molecule has 1 aromatic carbocycles. The van der Waals surface area contributed by atoms with Gasteiger partial charge < -0.3 is 10.2 Å². The molecule has 1 N–H and O–H groups in total. The Bertz CT molecular complexity index is 995. The van der Waals surface area contributed by atoms with E-state index in [9.17, 15) is 0 Å². The topological polar surface area (TPSA) is 45.4 Å². The number of thiophene rings is 1. The van der Waals surface area contributed by atoms with Crippen molar-refractivity contribution in [2.75, 3.05) is 18.4 Å². The Hall–Kier alpha value is -2.49. The van der Waals surface area contributed by atoms with Crippen LogP contribution < -0.4 is 5.32 Å². The van der Waals surface area contributed by atoms with E-state index < -0.39 is 0 Å². The average Bonchev–Trinajstić information content (AvgIpc) is 2.99. The molecule has 3 heterocycles. The third kappa shape index (κ3) is 3.66. The Morgan fingerprint density at radius 2 is 2.00 bits per heavy atom. The van der Waals surface area contributed by atoms with Crippen LogP contribution in [0.5, 0.6) is 0 Å². The number of nitrogens with zero attached hydrogens (tertiary/aromatic N) is 4. The zero-order valence-corrected chi connectivity index (χ0v) is 16.5. The summed E-state index contributed by atoms with van der Waals surface area (Å²) in [4.78, 5) is 17.4. The number of hydrogen-bond donors (Lipinski definition) is 1. The molecule has 3 aromatic rings. The Kier molecular flexibility index (Phi) is 5.06. The zero-order valence-electron chi connectivity index (χ0n) is 15.7. The molecule has 1 fully saturated rings. The smallest absolute Gasteiger partial charge is 0.191 e. The third-order valence-corrected chi connectivity index (χ3v) is 6.52. The molecule has 6 heteroatoms. The average molecular weight is 378 g/mol. The fraction of sp³-hybridized carbons (Fsp3) is 0.381. The van der Waals surface area contributed by atoms with E-state index in [2.05, 4.69) is 44.9 Å². The molecule has 138 valence electrons. The van der Waals surface area contributed by atoms with Crippen molar-refractivity contribution < 1.29 is 0 Å². The van der Waals surface area contributed by atoms with E-state index in [-0.39, 0.29) is 0 Å². The third-order valence-electron chi connectivity index (χ3n) is 5.40. The van der Waals surface area contributed by atoms with Gasteiger partial charge in [0.25, 0.3) is 0 Å². The molecule has 1 aliphatic heterocycles. The second kappa shape index (κ2) is 7.63. The van der Waals surface area contributed by atoms with Gasteiger partial charge in [-0.1, -0.05) is 24.3 Å². The molecule has 0 spiro atoms. The van der Waals surface area contributed by atoms with Gasteiger partial charge in [0, 0.05) is 30.6 Å². The van der Waals surface area contributed by atoms with E-state index in [1.807, 2.05) is 18.2 Å². The second-order valence-corrected chi connectivity index (χ2v) is 8.32. The Balaban J connectivity index is 1.41.